The van der Waals surface area contributed by atoms with Crippen molar-refractivity contribution < 1.29 is 9.47 Å². The molecule has 0 radical (unpaired) electrons. The van der Waals surface area contributed by atoms with Crippen molar-refractivity contribution in [2.24, 2.45) is 5.92 Å². The van der Waals surface area contributed by atoms with Crippen LogP contribution in [0.1, 0.15) is 19.0 Å². The zero-order valence-corrected chi connectivity index (χ0v) is 11.1. The van der Waals surface area contributed by atoms with Gasteiger partial charge in [-0.1, -0.05) is 6.92 Å². The van der Waals surface area contributed by atoms with Crippen LogP contribution in [-0.4, -0.2) is 42.9 Å². The zero-order valence-electron chi connectivity index (χ0n) is 11.1. The lowest BCUT2D eigenvalue weighted by Crippen LogP contribution is -2.38. The Labute approximate surface area is 108 Å². The molecule has 1 N–H and O–H groups in total. The highest BCUT2D eigenvalue weighted by atomic mass is 16.5. The molecular weight excluding hydrogens is 230 g/mol. The van der Waals surface area contributed by atoms with Gasteiger partial charge in [-0.15, -0.1) is 0 Å². The van der Waals surface area contributed by atoms with Crippen LogP contribution in [0.4, 0.5) is 0 Å². The number of nitrogens with zero attached hydrogens (tertiary/aromatic N) is 2. The summed E-state index contributed by atoms with van der Waals surface area (Å²) in [5, 5.41) is 3.53. The molecular formula is C13H21N3O2. The van der Waals surface area contributed by atoms with Crippen LogP contribution in [0.15, 0.2) is 12.4 Å². The van der Waals surface area contributed by atoms with Crippen molar-refractivity contribution in [1.29, 1.82) is 0 Å². The first-order valence-corrected chi connectivity index (χ1v) is 6.49. The van der Waals surface area contributed by atoms with Gasteiger partial charge in [-0.3, -0.25) is 0 Å². The number of nitrogens with one attached hydrogen (secondary N) is 1. The summed E-state index contributed by atoms with van der Waals surface area (Å²) in [5.41, 5.74) is 1.01. The number of aromatic nitrogens is 2. The van der Waals surface area contributed by atoms with Crippen molar-refractivity contribution in [2.75, 3.05) is 26.9 Å². The maximum atomic E-state index is 5.47. The second-order valence-electron chi connectivity index (χ2n) is 4.54. The number of likely N-dealkylation sites (N-methyl/N-ethyl adjacent to an activating group) is 1. The van der Waals surface area contributed by atoms with Crippen LogP contribution in [0.2, 0.25) is 0 Å². The average Bonchev–Trinajstić information content (AvgIpc) is 2.92. The van der Waals surface area contributed by atoms with E-state index in [9.17, 15) is 0 Å². The molecule has 0 aromatic carbocycles. The summed E-state index contributed by atoms with van der Waals surface area (Å²) in [5.74, 6) is 1.20. The second-order valence-corrected chi connectivity index (χ2v) is 4.54. The van der Waals surface area contributed by atoms with Crippen molar-refractivity contribution in [2.45, 2.75) is 25.8 Å². The van der Waals surface area contributed by atoms with E-state index in [2.05, 4.69) is 22.2 Å². The molecule has 2 rings (SSSR count). The zero-order chi connectivity index (χ0) is 12.8. The number of hydrogen-bond donors (Lipinski definition) is 1. The van der Waals surface area contributed by atoms with Gasteiger partial charge in [0.05, 0.1) is 13.7 Å². The molecule has 5 nitrogen and oxygen atoms in total. The normalized spacial score (nSPS) is 20.9. The Morgan fingerprint density at radius 3 is 3.11 bits per heavy atom. The van der Waals surface area contributed by atoms with E-state index in [1.165, 1.54) is 0 Å². The molecule has 0 bridgehead atoms. The molecule has 18 heavy (non-hydrogen) atoms. The van der Waals surface area contributed by atoms with Gasteiger partial charge in [0, 0.05) is 36.7 Å². The molecule has 1 aliphatic heterocycles. The minimum absolute atomic E-state index is 0.414. The van der Waals surface area contributed by atoms with Gasteiger partial charge in [-0.25, -0.2) is 9.97 Å². The fourth-order valence-corrected chi connectivity index (χ4v) is 2.36. The third kappa shape index (κ3) is 3.40. The summed E-state index contributed by atoms with van der Waals surface area (Å²) in [4.78, 5) is 8.34. The Kier molecular flexibility index (Phi) is 4.90. The smallest absolute Gasteiger partial charge is 0.216 e. The average molecular weight is 251 g/mol. The van der Waals surface area contributed by atoms with Crippen LogP contribution in [0, 0.1) is 5.92 Å². The Bertz CT molecular complexity index is 367. The maximum absolute atomic E-state index is 5.47. The quantitative estimate of drug-likeness (QED) is 0.818. The lowest BCUT2D eigenvalue weighted by Gasteiger charge is -2.22. The van der Waals surface area contributed by atoms with Gasteiger partial charge in [-0.2, -0.15) is 0 Å². The summed E-state index contributed by atoms with van der Waals surface area (Å²) in [6.07, 6.45) is 3.57. The molecule has 0 saturated carbocycles. The highest BCUT2D eigenvalue weighted by molar-refractivity contribution is 5.14. The first-order valence-electron chi connectivity index (χ1n) is 6.49. The predicted octanol–water partition coefficient (Wildman–Crippen LogP) is 1.04. The lowest BCUT2D eigenvalue weighted by atomic mass is 9.94. The van der Waals surface area contributed by atoms with E-state index in [-0.39, 0.29) is 0 Å². The highest BCUT2D eigenvalue weighted by Crippen LogP contribution is 2.20. The Morgan fingerprint density at radius 1 is 1.56 bits per heavy atom. The van der Waals surface area contributed by atoms with E-state index < -0.39 is 0 Å². The van der Waals surface area contributed by atoms with Gasteiger partial charge in [-0.05, 0) is 13.0 Å². The van der Waals surface area contributed by atoms with Gasteiger partial charge in [0.1, 0.15) is 6.33 Å². The van der Waals surface area contributed by atoms with Gasteiger partial charge >= 0.3 is 0 Å². The van der Waals surface area contributed by atoms with E-state index in [1.807, 2.05) is 6.07 Å². The Morgan fingerprint density at radius 2 is 2.44 bits per heavy atom. The van der Waals surface area contributed by atoms with Crippen molar-refractivity contribution in [3.05, 3.63) is 18.1 Å². The lowest BCUT2D eigenvalue weighted by molar-refractivity contribution is 0.176. The van der Waals surface area contributed by atoms with Crippen molar-refractivity contribution >= 4 is 0 Å². The molecule has 100 valence electrons. The van der Waals surface area contributed by atoms with Crippen molar-refractivity contribution in [1.82, 2.24) is 15.3 Å². The molecule has 0 amide bonds. The van der Waals surface area contributed by atoms with Crippen LogP contribution in [0.5, 0.6) is 5.88 Å². The number of methoxy groups -OCH3 is 1. The van der Waals surface area contributed by atoms with E-state index in [4.69, 9.17) is 9.47 Å². The Hall–Kier alpha value is -1.20. The SMILES string of the molecule is CCNC(Cc1cc(OC)ncn1)C1CCOC1. The van der Waals surface area contributed by atoms with E-state index in [0.717, 1.165) is 38.3 Å². The number of rotatable bonds is 6. The summed E-state index contributed by atoms with van der Waals surface area (Å²) < 4.78 is 10.6. The summed E-state index contributed by atoms with van der Waals surface area (Å²) in [6, 6.07) is 2.32. The second kappa shape index (κ2) is 6.66. The molecule has 1 fully saturated rings. The molecule has 0 spiro atoms. The molecule has 1 aromatic rings. The van der Waals surface area contributed by atoms with Crippen LogP contribution >= 0.6 is 0 Å². The fourth-order valence-electron chi connectivity index (χ4n) is 2.36. The molecule has 0 aliphatic carbocycles. The van der Waals surface area contributed by atoms with Crippen LogP contribution in [0.25, 0.3) is 0 Å². The van der Waals surface area contributed by atoms with Gasteiger partial charge in [0.2, 0.25) is 5.88 Å². The largest absolute Gasteiger partial charge is 0.481 e. The van der Waals surface area contributed by atoms with Crippen LogP contribution in [0.3, 0.4) is 0 Å². The van der Waals surface area contributed by atoms with E-state index in [1.54, 1.807) is 13.4 Å². The van der Waals surface area contributed by atoms with Crippen LogP contribution < -0.4 is 10.1 Å². The molecule has 1 aliphatic rings. The molecule has 2 heterocycles. The third-order valence-electron chi connectivity index (χ3n) is 3.34. The standard InChI is InChI=1S/C13H21N3O2/c1-3-14-12(10-4-5-18-8-10)6-11-7-13(17-2)16-9-15-11/h7,9-10,12,14H,3-6,8H2,1-2H3. The summed E-state index contributed by atoms with van der Waals surface area (Å²) in [6.45, 7) is 4.81. The molecule has 2 atom stereocenters. The maximum Gasteiger partial charge on any atom is 0.216 e. The topological polar surface area (TPSA) is 56.3 Å². The number of ether oxygens (including phenoxy) is 2. The fraction of sp³-hybridized carbons (Fsp3) is 0.692. The predicted molar refractivity (Wildman–Crippen MR) is 68.7 cm³/mol. The minimum atomic E-state index is 0.414. The molecule has 5 heteroatoms. The van der Waals surface area contributed by atoms with Gasteiger partial charge in [0.25, 0.3) is 0 Å². The van der Waals surface area contributed by atoms with Gasteiger partial charge in [0.15, 0.2) is 0 Å². The minimum Gasteiger partial charge on any atom is -0.481 e. The Balaban J connectivity index is 2.02. The van der Waals surface area contributed by atoms with Crippen molar-refractivity contribution in [3.8, 4) is 5.88 Å². The first-order chi connectivity index (χ1) is 8.83. The third-order valence-corrected chi connectivity index (χ3v) is 3.34. The van der Waals surface area contributed by atoms with E-state index in [0.29, 0.717) is 17.8 Å². The molecule has 1 saturated heterocycles. The highest BCUT2D eigenvalue weighted by Gasteiger charge is 2.25. The first kappa shape index (κ1) is 13.2. The van der Waals surface area contributed by atoms with Gasteiger partial charge < -0.3 is 14.8 Å². The number of hydrogen-bond acceptors (Lipinski definition) is 5. The summed E-state index contributed by atoms with van der Waals surface area (Å²) in [7, 11) is 1.62. The van der Waals surface area contributed by atoms with E-state index >= 15 is 0 Å². The molecule has 1 aromatic heterocycles. The summed E-state index contributed by atoms with van der Waals surface area (Å²) >= 11 is 0. The van der Waals surface area contributed by atoms with Crippen molar-refractivity contribution in [3.63, 3.8) is 0 Å². The monoisotopic (exact) mass is 251 g/mol. The molecule has 2 unspecified atom stereocenters. The van der Waals surface area contributed by atoms with Crippen LogP contribution in [-0.2, 0) is 11.2 Å².